The molecule has 2 aromatic carbocycles. The fraction of sp³-hybridized carbons (Fsp3) is 0.0667. The van der Waals surface area contributed by atoms with Crippen molar-refractivity contribution in [3.63, 3.8) is 0 Å². The number of amides is 1. The van der Waals surface area contributed by atoms with E-state index in [0.717, 1.165) is 9.13 Å². The number of hydrogen-bond donors (Lipinski definition) is 1. The molecule has 4 heteroatoms. The largest absolute Gasteiger partial charge is 0.272 e. The molecule has 1 N–H and O–H groups in total. The zero-order valence-corrected chi connectivity index (χ0v) is 12.4. The fourth-order valence-electron chi connectivity index (χ4n) is 1.57. The summed E-state index contributed by atoms with van der Waals surface area (Å²) in [5, 5.41) is 3.96. The summed E-state index contributed by atoms with van der Waals surface area (Å²) in [6.45, 7) is 0. The molecule has 0 aromatic heterocycles. The van der Waals surface area contributed by atoms with E-state index in [1.54, 1.807) is 12.3 Å². The molecule has 0 saturated carbocycles. The number of benzene rings is 2. The molecule has 0 unspecified atom stereocenters. The summed E-state index contributed by atoms with van der Waals surface area (Å²) >= 11 is 2.13. The zero-order valence-electron chi connectivity index (χ0n) is 10.2. The van der Waals surface area contributed by atoms with Gasteiger partial charge in [-0.2, -0.15) is 5.10 Å². The SMILES string of the molecule is O=C(N/N=C/Cc1ccccc1)c1ccccc1I. The molecule has 0 aliphatic heterocycles. The van der Waals surface area contributed by atoms with Crippen LogP contribution in [0.3, 0.4) is 0 Å². The van der Waals surface area contributed by atoms with Crippen LogP contribution in [0.2, 0.25) is 0 Å². The lowest BCUT2D eigenvalue weighted by Crippen LogP contribution is -2.18. The quantitative estimate of drug-likeness (QED) is 0.505. The molecule has 0 saturated heterocycles. The van der Waals surface area contributed by atoms with Gasteiger partial charge in [-0.1, -0.05) is 42.5 Å². The van der Waals surface area contributed by atoms with Crippen LogP contribution < -0.4 is 5.43 Å². The molecule has 3 nitrogen and oxygen atoms in total. The summed E-state index contributed by atoms with van der Waals surface area (Å²) in [4.78, 5) is 11.8. The molecule has 0 radical (unpaired) electrons. The minimum absolute atomic E-state index is 0.186. The van der Waals surface area contributed by atoms with E-state index in [0.29, 0.717) is 12.0 Å². The Balaban J connectivity index is 1.89. The highest BCUT2D eigenvalue weighted by atomic mass is 127. The van der Waals surface area contributed by atoms with Gasteiger partial charge in [0.15, 0.2) is 0 Å². The van der Waals surface area contributed by atoms with Gasteiger partial charge in [0.25, 0.3) is 5.91 Å². The smallest absolute Gasteiger partial charge is 0.267 e. The van der Waals surface area contributed by atoms with Crippen LogP contribution >= 0.6 is 22.6 Å². The number of hydrogen-bond acceptors (Lipinski definition) is 2. The number of rotatable bonds is 4. The van der Waals surface area contributed by atoms with E-state index in [2.05, 4.69) is 33.1 Å². The Morgan fingerprint density at radius 3 is 2.53 bits per heavy atom. The molecule has 0 heterocycles. The van der Waals surface area contributed by atoms with Gasteiger partial charge in [0.1, 0.15) is 0 Å². The van der Waals surface area contributed by atoms with Crippen LogP contribution in [0, 0.1) is 3.57 Å². The van der Waals surface area contributed by atoms with Crippen molar-refractivity contribution in [2.75, 3.05) is 0 Å². The molecular weight excluding hydrogens is 351 g/mol. The summed E-state index contributed by atoms with van der Waals surface area (Å²) in [6, 6.07) is 17.4. The van der Waals surface area contributed by atoms with E-state index in [4.69, 9.17) is 0 Å². The highest BCUT2D eigenvalue weighted by Crippen LogP contribution is 2.10. The molecule has 0 bridgehead atoms. The Hall–Kier alpha value is -1.69. The van der Waals surface area contributed by atoms with Gasteiger partial charge in [0.2, 0.25) is 0 Å². The Labute approximate surface area is 125 Å². The van der Waals surface area contributed by atoms with Gasteiger partial charge in [0.05, 0.1) is 5.56 Å². The Kier molecular flexibility index (Phi) is 5.09. The van der Waals surface area contributed by atoms with E-state index in [1.807, 2.05) is 48.5 Å². The predicted octanol–water partition coefficient (Wildman–Crippen LogP) is 3.25. The van der Waals surface area contributed by atoms with Gasteiger partial charge in [-0.25, -0.2) is 5.43 Å². The monoisotopic (exact) mass is 364 g/mol. The van der Waals surface area contributed by atoms with Crippen LogP contribution in [0.1, 0.15) is 15.9 Å². The highest BCUT2D eigenvalue weighted by Gasteiger charge is 2.06. The first kappa shape index (κ1) is 13.7. The van der Waals surface area contributed by atoms with E-state index in [1.165, 1.54) is 0 Å². The molecule has 0 aliphatic rings. The number of carbonyl (C=O) groups is 1. The molecule has 0 fully saturated rings. The van der Waals surface area contributed by atoms with E-state index >= 15 is 0 Å². The van der Waals surface area contributed by atoms with Crippen molar-refractivity contribution in [3.05, 3.63) is 69.3 Å². The number of hydrazone groups is 1. The minimum Gasteiger partial charge on any atom is -0.267 e. The van der Waals surface area contributed by atoms with Gasteiger partial charge in [0, 0.05) is 16.2 Å². The normalized spacial score (nSPS) is 10.6. The third-order valence-electron chi connectivity index (χ3n) is 2.55. The third kappa shape index (κ3) is 4.17. The molecule has 0 aliphatic carbocycles. The van der Waals surface area contributed by atoms with Crippen LogP contribution in [0.25, 0.3) is 0 Å². The van der Waals surface area contributed by atoms with Crippen LogP contribution in [0.5, 0.6) is 0 Å². The summed E-state index contributed by atoms with van der Waals surface area (Å²) in [5.41, 5.74) is 4.34. The average Bonchev–Trinajstić information content (AvgIpc) is 2.45. The van der Waals surface area contributed by atoms with E-state index < -0.39 is 0 Å². The first-order valence-corrected chi connectivity index (χ1v) is 6.95. The molecule has 1 amide bonds. The molecule has 0 atom stereocenters. The molecule has 96 valence electrons. The Bertz CT molecular complexity index is 582. The van der Waals surface area contributed by atoms with Gasteiger partial charge in [-0.15, -0.1) is 0 Å². The van der Waals surface area contributed by atoms with Crippen molar-refractivity contribution < 1.29 is 4.79 Å². The average molecular weight is 364 g/mol. The molecule has 0 spiro atoms. The number of carbonyl (C=O) groups excluding carboxylic acids is 1. The maximum atomic E-state index is 11.8. The summed E-state index contributed by atoms with van der Waals surface area (Å²) in [6.07, 6.45) is 2.40. The maximum Gasteiger partial charge on any atom is 0.272 e. The lowest BCUT2D eigenvalue weighted by Gasteiger charge is -2.01. The molecule has 19 heavy (non-hydrogen) atoms. The number of halogens is 1. The Morgan fingerprint density at radius 2 is 1.79 bits per heavy atom. The van der Waals surface area contributed by atoms with Crippen LogP contribution in [0.15, 0.2) is 59.7 Å². The molecule has 2 rings (SSSR count). The van der Waals surface area contributed by atoms with Crippen molar-refractivity contribution in [1.29, 1.82) is 0 Å². The van der Waals surface area contributed by atoms with E-state index in [-0.39, 0.29) is 5.91 Å². The number of nitrogens with zero attached hydrogens (tertiary/aromatic N) is 1. The predicted molar refractivity (Wildman–Crippen MR) is 85.3 cm³/mol. The topological polar surface area (TPSA) is 41.5 Å². The van der Waals surface area contributed by atoms with Crippen LogP contribution in [-0.2, 0) is 6.42 Å². The second-order valence-electron chi connectivity index (χ2n) is 3.92. The second kappa shape index (κ2) is 7.04. The van der Waals surface area contributed by atoms with Gasteiger partial charge >= 0.3 is 0 Å². The summed E-state index contributed by atoms with van der Waals surface area (Å²) in [7, 11) is 0. The van der Waals surface area contributed by atoms with Gasteiger partial charge < -0.3 is 0 Å². The Morgan fingerprint density at radius 1 is 1.11 bits per heavy atom. The minimum atomic E-state index is -0.186. The van der Waals surface area contributed by atoms with Gasteiger partial charge in [-0.05, 0) is 40.3 Å². The van der Waals surface area contributed by atoms with Crippen molar-refractivity contribution in [2.45, 2.75) is 6.42 Å². The van der Waals surface area contributed by atoms with Crippen LogP contribution in [0.4, 0.5) is 0 Å². The molecular formula is C15H13IN2O. The van der Waals surface area contributed by atoms with Gasteiger partial charge in [-0.3, -0.25) is 4.79 Å². The summed E-state index contributed by atoms with van der Waals surface area (Å²) < 4.78 is 0.913. The van der Waals surface area contributed by atoms with Crippen molar-refractivity contribution in [2.24, 2.45) is 5.10 Å². The van der Waals surface area contributed by atoms with E-state index in [9.17, 15) is 4.79 Å². The second-order valence-corrected chi connectivity index (χ2v) is 5.08. The first-order chi connectivity index (χ1) is 9.27. The maximum absolute atomic E-state index is 11.8. The van der Waals surface area contributed by atoms with Crippen molar-refractivity contribution >= 4 is 34.7 Å². The lowest BCUT2D eigenvalue weighted by atomic mass is 10.2. The van der Waals surface area contributed by atoms with Crippen molar-refractivity contribution in [3.8, 4) is 0 Å². The standard InChI is InChI=1S/C15H13IN2O/c16-14-9-5-4-8-13(14)15(19)18-17-11-10-12-6-2-1-3-7-12/h1-9,11H,10H2,(H,18,19)/b17-11+. The van der Waals surface area contributed by atoms with Crippen LogP contribution in [-0.4, -0.2) is 12.1 Å². The summed E-state index contributed by atoms with van der Waals surface area (Å²) in [5.74, 6) is -0.186. The lowest BCUT2D eigenvalue weighted by molar-refractivity contribution is 0.0954. The highest BCUT2D eigenvalue weighted by molar-refractivity contribution is 14.1. The fourth-order valence-corrected chi connectivity index (χ4v) is 2.21. The third-order valence-corrected chi connectivity index (χ3v) is 3.49. The zero-order chi connectivity index (χ0) is 13.5. The van der Waals surface area contributed by atoms with Crippen molar-refractivity contribution in [1.82, 2.24) is 5.43 Å². The number of nitrogens with one attached hydrogen (secondary N) is 1. The molecule has 2 aromatic rings. The first-order valence-electron chi connectivity index (χ1n) is 5.87.